The molecule has 7 heteroatoms. The summed E-state index contributed by atoms with van der Waals surface area (Å²) in [5, 5.41) is 13.0. The smallest absolute Gasteiger partial charge is 0.159 e. The highest BCUT2D eigenvalue weighted by Crippen LogP contribution is 2.40. The van der Waals surface area contributed by atoms with E-state index in [2.05, 4.69) is 113 Å². The van der Waals surface area contributed by atoms with Crippen LogP contribution in [0, 0.1) is 0 Å². The Labute approximate surface area is 278 Å². The van der Waals surface area contributed by atoms with Gasteiger partial charge in [-0.2, -0.15) is 0 Å². The molecule has 0 saturated heterocycles. The summed E-state index contributed by atoms with van der Waals surface area (Å²) >= 11 is 0. The van der Waals surface area contributed by atoms with Gasteiger partial charge in [0.25, 0.3) is 0 Å². The van der Waals surface area contributed by atoms with E-state index in [1.807, 2.05) is 42.6 Å². The zero-order valence-electron chi connectivity index (χ0n) is 26.1. The van der Waals surface area contributed by atoms with Crippen molar-refractivity contribution < 1.29 is 0 Å². The van der Waals surface area contributed by atoms with Crippen molar-refractivity contribution in [1.29, 1.82) is 0 Å². The van der Waals surface area contributed by atoms with E-state index in [1.54, 1.807) is 0 Å². The number of aliphatic imine (C=N–C) groups is 2. The lowest BCUT2D eigenvalue weighted by molar-refractivity contribution is 0.674. The van der Waals surface area contributed by atoms with Gasteiger partial charge in [0.1, 0.15) is 17.5 Å². The summed E-state index contributed by atoms with van der Waals surface area (Å²) in [4.78, 5) is 20.2. The van der Waals surface area contributed by atoms with Gasteiger partial charge in [-0.3, -0.25) is 4.98 Å². The van der Waals surface area contributed by atoms with Gasteiger partial charge in [0.2, 0.25) is 0 Å². The molecule has 0 aliphatic carbocycles. The van der Waals surface area contributed by atoms with Crippen LogP contribution in [0.2, 0.25) is 0 Å². The summed E-state index contributed by atoms with van der Waals surface area (Å²) in [6.07, 6.45) is 1.59. The number of fused-ring (bicyclic) bond motifs is 6. The molecule has 0 bridgehead atoms. The monoisotopic (exact) mass is 621 g/mol. The molecule has 3 N–H and O–H groups in total. The predicted octanol–water partition coefficient (Wildman–Crippen LogP) is 8.45. The van der Waals surface area contributed by atoms with Gasteiger partial charge in [0, 0.05) is 40.6 Å². The van der Waals surface area contributed by atoms with Crippen LogP contribution in [-0.2, 0) is 0 Å². The third kappa shape index (κ3) is 5.02. The van der Waals surface area contributed by atoms with E-state index in [9.17, 15) is 0 Å². The number of anilines is 2. The van der Waals surface area contributed by atoms with Crippen molar-refractivity contribution in [2.24, 2.45) is 9.98 Å². The largest absolute Gasteiger partial charge is 0.381 e. The first-order valence-electron chi connectivity index (χ1n) is 16.2. The number of nitrogens with zero attached hydrogens (tertiary/aromatic N) is 4. The van der Waals surface area contributed by atoms with E-state index >= 15 is 0 Å². The fourth-order valence-corrected chi connectivity index (χ4v) is 6.62. The van der Waals surface area contributed by atoms with Crippen LogP contribution < -0.4 is 16.0 Å². The molecular formula is C41H31N7. The average molecular weight is 622 g/mol. The van der Waals surface area contributed by atoms with Crippen LogP contribution in [0.5, 0.6) is 0 Å². The third-order valence-electron chi connectivity index (χ3n) is 8.96. The number of amidine groups is 2. The Morgan fingerprint density at radius 3 is 2.00 bits per heavy atom. The second kappa shape index (κ2) is 11.8. The van der Waals surface area contributed by atoms with Gasteiger partial charge in [-0.25, -0.2) is 15.0 Å². The molecule has 0 saturated carbocycles. The minimum absolute atomic E-state index is 0.301. The number of aromatic nitrogens is 2. The Balaban J connectivity index is 1.09. The van der Waals surface area contributed by atoms with Crippen LogP contribution in [0.4, 0.5) is 11.4 Å². The summed E-state index contributed by atoms with van der Waals surface area (Å²) in [7, 11) is 0. The highest BCUT2D eigenvalue weighted by Gasteiger charge is 2.22. The van der Waals surface area contributed by atoms with Crippen molar-refractivity contribution in [3.05, 3.63) is 156 Å². The molecule has 2 aliphatic heterocycles. The molecule has 1 unspecified atom stereocenters. The molecule has 0 fully saturated rings. The molecule has 7 nitrogen and oxygen atoms in total. The molecule has 7 aromatic rings. The first kappa shape index (κ1) is 27.9. The highest BCUT2D eigenvalue weighted by atomic mass is 15.2. The van der Waals surface area contributed by atoms with Gasteiger partial charge in [0.15, 0.2) is 5.84 Å². The lowest BCUT2D eigenvalue weighted by atomic mass is 9.98. The van der Waals surface area contributed by atoms with E-state index in [0.717, 1.165) is 91.2 Å². The Bertz CT molecular complexity index is 2380. The zero-order chi connectivity index (χ0) is 31.9. The van der Waals surface area contributed by atoms with Crippen LogP contribution in [0.25, 0.3) is 44.2 Å². The number of hydrogen-bond acceptors (Lipinski definition) is 7. The number of benzene rings is 6. The van der Waals surface area contributed by atoms with Crippen LogP contribution >= 0.6 is 0 Å². The molecular weight excluding hydrogens is 591 g/mol. The average Bonchev–Trinajstić information content (AvgIpc) is 3.18. The van der Waals surface area contributed by atoms with Gasteiger partial charge in [-0.15, -0.1) is 0 Å². The zero-order valence-corrected chi connectivity index (χ0v) is 26.1. The van der Waals surface area contributed by atoms with Crippen molar-refractivity contribution in [2.45, 2.75) is 6.17 Å². The SMILES string of the molecule is c1ccc(C2=NC(c3cccc(-c4cccc(-c5cnc6c7c(c8ccccc8c6n5)NCCN7)c4)c3)NC(c3ccccc3)=N2)cc1. The summed E-state index contributed by atoms with van der Waals surface area (Å²) in [6.45, 7) is 1.72. The maximum Gasteiger partial charge on any atom is 0.159 e. The molecule has 6 aromatic carbocycles. The summed E-state index contributed by atoms with van der Waals surface area (Å²) < 4.78 is 0. The lowest BCUT2D eigenvalue weighted by Gasteiger charge is -2.24. The first-order valence-corrected chi connectivity index (χ1v) is 16.2. The fraction of sp³-hybridized carbons (Fsp3) is 0.0732. The molecule has 2 aliphatic rings. The summed E-state index contributed by atoms with van der Waals surface area (Å²) in [6, 6.07) is 45.9. The topological polar surface area (TPSA) is 86.6 Å². The van der Waals surface area contributed by atoms with Gasteiger partial charge in [-0.1, -0.05) is 121 Å². The van der Waals surface area contributed by atoms with Crippen molar-refractivity contribution in [2.75, 3.05) is 23.7 Å². The molecule has 1 atom stereocenters. The normalized spacial score (nSPS) is 15.5. The molecule has 0 amide bonds. The minimum atomic E-state index is -0.301. The Kier molecular flexibility index (Phi) is 6.86. The number of nitrogens with one attached hydrogen (secondary N) is 3. The van der Waals surface area contributed by atoms with Crippen molar-refractivity contribution in [1.82, 2.24) is 15.3 Å². The third-order valence-corrected chi connectivity index (χ3v) is 8.96. The van der Waals surface area contributed by atoms with E-state index in [-0.39, 0.29) is 6.17 Å². The van der Waals surface area contributed by atoms with E-state index in [0.29, 0.717) is 5.84 Å². The molecule has 48 heavy (non-hydrogen) atoms. The van der Waals surface area contributed by atoms with Crippen molar-refractivity contribution in [3.63, 3.8) is 0 Å². The summed E-state index contributed by atoms with van der Waals surface area (Å²) in [5.41, 5.74) is 11.0. The maximum atomic E-state index is 5.21. The maximum absolute atomic E-state index is 5.21. The van der Waals surface area contributed by atoms with E-state index in [4.69, 9.17) is 20.0 Å². The molecule has 9 rings (SSSR count). The van der Waals surface area contributed by atoms with Crippen LogP contribution in [0.1, 0.15) is 22.9 Å². The summed E-state index contributed by atoms with van der Waals surface area (Å²) in [5.74, 6) is 1.51. The first-order chi connectivity index (χ1) is 23.8. The van der Waals surface area contributed by atoms with Crippen LogP contribution in [-0.4, -0.2) is 34.7 Å². The molecule has 0 spiro atoms. The lowest BCUT2D eigenvalue weighted by Crippen LogP contribution is -2.33. The van der Waals surface area contributed by atoms with Crippen LogP contribution in [0.15, 0.2) is 150 Å². The number of rotatable bonds is 5. The standard InChI is InChI=1S/C41H31N7/c1-3-11-26(12-4-1)39-46-40(27-13-5-2-6-14-27)48-41(47-39)31-18-10-16-29(24-31)28-15-9-17-30(23-28)34-25-44-38-36(45-34)33-20-8-7-19-32(33)35-37(38)43-22-21-42-35/h1-20,23-25,41-43H,21-22H2,(H,46,47,48). The Morgan fingerprint density at radius 1 is 0.542 bits per heavy atom. The highest BCUT2D eigenvalue weighted by molar-refractivity contribution is 6.18. The van der Waals surface area contributed by atoms with Crippen LogP contribution in [0.3, 0.4) is 0 Å². The number of hydrogen-bond donors (Lipinski definition) is 3. The molecule has 230 valence electrons. The Hall–Kier alpha value is -6.34. The van der Waals surface area contributed by atoms with Gasteiger partial charge in [-0.05, 0) is 28.8 Å². The predicted molar refractivity (Wildman–Crippen MR) is 197 cm³/mol. The molecule has 3 heterocycles. The van der Waals surface area contributed by atoms with Gasteiger partial charge >= 0.3 is 0 Å². The molecule has 0 radical (unpaired) electrons. The second-order valence-electron chi connectivity index (χ2n) is 12.0. The minimum Gasteiger partial charge on any atom is -0.381 e. The Morgan fingerprint density at radius 2 is 1.19 bits per heavy atom. The second-order valence-corrected chi connectivity index (χ2v) is 12.0. The van der Waals surface area contributed by atoms with Gasteiger partial charge in [0.05, 0.1) is 28.8 Å². The van der Waals surface area contributed by atoms with Gasteiger partial charge < -0.3 is 16.0 Å². The molecule has 1 aromatic heterocycles. The quantitative estimate of drug-likeness (QED) is 0.168. The van der Waals surface area contributed by atoms with E-state index in [1.165, 1.54) is 0 Å². The van der Waals surface area contributed by atoms with Crippen molar-refractivity contribution >= 4 is 44.9 Å². The fourth-order valence-electron chi connectivity index (χ4n) is 6.62. The van der Waals surface area contributed by atoms with E-state index < -0.39 is 0 Å². The van der Waals surface area contributed by atoms with Crippen molar-refractivity contribution in [3.8, 4) is 22.4 Å².